The molecule has 0 saturated carbocycles. The van der Waals surface area contributed by atoms with E-state index < -0.39 is 10.0 Å². The molecule has 4 aromatic carbocycles. The molecule has 0 radical (unpaired) electrons. The molecule has 0 spiro atoms. The van der Waals surface area contributed by atoms with E-state index in [0.29, 0.717) is 43.2 Å². The van der Waals surface area contributed by atoms with Gasteiger partial charge in [0.1, 0.15) is 0 Å². The number of carbonyl (C=O) groups excluding carboxylic acids is 1. The Morgan fingerprint density at radius 3 is 2.17 bits per heavy atom. The first kappa shape index (κ1) is 24.2. The molecular formula is C29H29N3O3S. The summed E-state index contributed by atoms with van der Waals surface area (Å²) in [5, 5.41) is 5.33. The van der Waals surface area contributed by atoms with Crippen LogP contribution in [0.1, 0.15) is 21.5 Å². The normalized spacial score (nSPS) is 15.1. The first-order valence-electron chi connectivity index (χ1n) is 12.1. The number of hydrogen-bond acceptors (Lipinski definition) is 4. The molecule has 1 aliphatic heterocycles. The summed E-state index contributed by atoms with van der Waals surface area (Å²) in [4.78, 5) is 15.3. The minimum atomic E-state index is -3.45. The largest absolute Gasteiger partial charge is 0.348 e. The van der Waals surface area contributed by atoms with Gasteiger partial charge in [-0.1, -0.05) is 72.8 Å². The summed E-state index contributed by atoms with van der Waals surface area (Å²) < 4.78 is 27.2. The van der Waals surface area contributed by atoms with Crippen LogP contribution in [-0.2, 0) is 23.1 Å². The van der Waals surface area contributed by atoms with E-state index in [1.54, 1.807) is 28.6 Å². The van der Waals surface area contributed by atoms with Gasteiger partial charge in [0.2, 0.25) is 10.0 Å². The average Bonchev–Trinajstić information content (AvgIpc) is 2.93. The van der Waals surface area contributed by atoms with Gasteiger partial charge in [-0.05, 0) is 46.2 Å². The fraction of sp³-hybridized carbons (Fsp3) is 0.207. The van der Waals surface area contributed by atoms with Crippen LogP contribution in [0.25, 0.3) is 10.8 Å². The molecule has 0 unspecified atom stereocenters. The van der Waals surface area contributed by atoms with Crippen LogP contribution < -0.4 is 5.32 Å². The second-order valence-corrected chi connectivity index (χ2v) is 10.9. The first-order chi connectivity index (χ1) is 17.5. The number of carbonyl (C=O) groups is 1. The summed E-state index contributed by atoms with van der Waals surface area (Å²) in [6, 6.07) is 30.5. The SMILES string of the molecule is O=C(NCc1cccc2ccccc12)c1ccc(CN2CCN(S(=O)(=O)c3ccccc3)CC2)cc1. The average molecular weight is 500 g/mol. The molecule has 5 rings (SSSR count). The maximum absolute atomic E-state index is 12.8. The number of fused-ring (bicyclic) bond motifs is 1. The van der Waals surface area contributed by atoms with E-state index in [1.807, 2.05) is 54.6 Å². The fourth-order valence-electron chi connectivity index (χ4n) is 4.61. The summed E-state index contributed by atoms with van der Waals surface area (Å²) in [5.41, 5.74) is 2.81. The van der Waals surface area contributed by atoms with Crippen molar-refractivity contribution in [3.63, 3.8) is 0 Å². The van der Waals surface area contributed by atoms with Crippen molar-refractivity contribution in [2.75, 3.05) is 26.2 Å². The smallest absolute Gasteiger partial charge is 0.251 e. The fourth-order valence-corrected chi connectivity index (χ4v) is 6.06. The Labute approximate surface area is 212 Å². The maximum atomic E-state index is 12.8. The second-order valence-electron chi connectivity index (χ2n) is 9.01. The van der Waals surface area contributed by atoms with Gasteiger partial charge in [0.25, 0.3) is 5.91 Å². The van der Waals surface area contributed by atoms with Crippen molar-refractivity contribution in [1.82, 2.24) is 14.5 Å². The first-order valence-corrected chi connectivity index (χ1v) is 13.6. The Morgan fingerprint density at radius 1 is 0.750 bits per heavy atom. The Bertz CT molecular complexity index is 1440. The Balaban J connectivity index is 1.14. The number of nitrogens with one attached hydrogen (secondary N) is 1. The molecule has 1 amide bonds. The van der Waals surface area contributed by atoms with Gasteiger partial charge in [0, 0.05) is 44.8 Å². The lowest BCUT2D eigenvalue weighted by molar-refractivity contribution is 0.0951. The van der Waals surface area contributed by atoms with Gasteiger partial charge < -0.3 is 5.32 Å². The zero-order valence-corrected chi connectivity index (χ0v) is 20.8. The van der Waals surface area contributed by atoms with Crippen LogP contribution in [0.4, 0.5) is 0 Å². The Hall–Kier alpha value is -3.52. The van der Waals surface area contributed by atoms with E-state index in [-0.39, 0.29) is 5.91 Å². The molecule has 0 aliphatic carbocycles. The summed E-state index contributed by atoms with van der Waals surface area (Å²) in [7, 11) is -3.45. The van der Waals surface area contributed by atoms with Crippen LogP contribution in [0.3, 0.4) is 0 Å². The quantitative estimate of drug-likeness (QED) is 0.412. The molecule has 0 atom stereocenters. The highest BCUT2D eigenvalue weighted by Gasteiger charge is 2.28. The van der Waals surface area contributed by atoms with Crippen molar-refractivity contribution in [2.45, 2.75) is 18.0 Å². The monoisotopic (exact) mass is 499 g/mol. The standard InChI is InChI=1S/C29H29N3O3S/c33-29(30-21-26-9-6-8-24-7-4-5-12-28(24)26)25-15-13-23(14-16-25)22-31-17-19-32(20-18-31)36(34,35)27-10-2-1-3-11-27/h1-16H,17-22H2,(H,30,33). The molecule has 1 N–H and O–H groups in total. The molecular weight excluding hydrogens is 470 g/mol. The number of rotatable bonds is 7. The third-order valence-corrected chi connectivity index (χ3v) is 8.57. The van der Waals surface area contributed by atoms with E-state index >= 15 is 0 Å². The van der Waals surface area contributed by atoms with Gasteiger partial charge in [-0.3, -0.25) is 9.69 Å². The molecule has 1 fully saturated rings. The van der Waals surface area contributed by atoms with E-state index in [9.17, 15) is 13.2 Å². The molecule has 6 nitrogen and oxygen atoms in total. The highest BCUT2D eigenvalue weighted by atomic mass is 32.2. The van der Waals surface area contributed by atoms with Gasteiger partial charge in [-0.15, -0.1) is 0 Å². The van der Waals surface area contributed by atoms with Gasteiger partial charge in [-0.2, -0.15) is 4.31 Å². The molecule has 184 valence electrons. The highest BCUT2D eigenvalue weighted by Crippen LogP contribution is 2.20. The number of nitrogens with zero attached hydrogens (tertiary/aromatic N) is 2. The van der Waals surface area contributed by atoms with Crippen LogP contribution >= 0.6 is 0 Å². The summed E-state index contributed by atoms with van der Waals surface area (Å²) >= 11 is 0. The predicted molar refractivity (Wildman–Crippen MR) is 142 cm³/mol. The summed E-state index contributed by atoms with van der Waals surface area (Å²) in [5.74, 6) is -0.103. The van der Waals surface area contributed by atoms with E-state index in [0.717, 1.165) is 28.4 Å². The number of amides is 1. The van der Waals surface area contributed by atoms with E-state index in [4.69, 9.17) is 0 Å². The maximum Gasteiger partial charge on any atom is 0.251 e. The van der Waals surface area contributed by atoms with Crippen LogP contribution in [0.2, 0.25) is 0 Å². The van der Waals surface area contributed by atoms with Gasteiger partial charge >= 0.3 is 0 Å². The molecule has 7 heteroatoms. The second kappa shape index (κ2) is 10.6. The molecule has 1 heterocycles. The number of sulfonamides is 1. The summed E-state index contributed by atoms with van der Waals surface area (Å²) in [6.07, 6.45) is 0. The molecule has 4 aromatic rings. The Morgan fingerprint density at radius 2 is 1.42 bits per heavy atom. The summed E-state index contributed by atoms with van der Waals surface area (Å²) in [6.45, 7) is 3.45. The zero-order chi connectivity index (χ0) is 25.0. The van der Waals surface area contributed by atoms with Gasteiger partial charge in [0.15, 0.2) is 0 Å². The predicted octanol–water partition coefficient (Wildman–Crippen LogP) is 4.28. The van der Waals surface area contributed by atoms with Crippen molar-refractivity contribution >= 4 is 26.7 Å². The van der Waals surface area contributed by atoms with E-state index in [1.165, 1.54) is 0 Å². The van der Waals surface area contributed by atoms with Crippen molar-refractivity contribution in [3.8, 4) is 0 Å². The van der Waals surface area contributed by atoms with E-state index in [2.05, 4.69) is 28.4 Å². The van der Waals surface area contributed by atoms with Crippen LogP contribution in [-0.4, -0.2) is 49.7 Å². The molecule has 1 aliphatic rings. The van der Waals surface area contributed by atoms with Crippen molar-refractivity contribution in [3.05, 3.63) is 114 Å². The number of piperazine rings is 1. The number of hydrogen-bond donors (Lipinski definition) is 1. The van der Waals surface area contributed by atoms with Crippen molar-refractivity contribution < 1.29 is 13.2 Å². The lowest BCUT2D eigenvalue weighted by Gasteiger charge is -2.34. The van der Waals surface area contributed by atoms with Crippen molar-refractivity contribution in [1.29, 1.82) is 0 Å². The minimum Gasteiger partial charge on any atom is -0.348 e. The molecule has 0 aromatic heterocycles. The van der Waals surface area contributed by atoms with Crippen LogP contribution in [0, 0.1) is 0 Å². The third kappa shape index (κ3) is 5.33. The molecule has 36 heavy (non-hydrogen) atoms. The van der Waals surface area contributed by atoms with Crippen LogP contribution in [0.5, 0.6) is 0 Å². The third-order valence-electron chi connectivity index (χ3n) is 6.65. The number of benzene rings is 4. The van der Waals surface area contributed by atoms with Gasteiger partial charge in [0.05, 0.1) is 4.90 Å². The Kier molecular flexibility index (Phi) is 7.13. The lowest BCUT2D eigenvalue weighted by Crippen LogP contribution is -2.48. The minimum absolute atomic E-state index is 0.103. The molecule has 0 bridgehead atoms. The van der Waals surface area contributed by atoms with Crippen LogP contribution in [0.15, 0.2) is 102 Å². The highest BCUT2D eigenvalue weighted by molar-refractivity contribution is 7.89. The van der Waals surface area contributed by atoms with Gasteiger partial charge in [-0.25, -0.2) is 8.42 Å². The van der Waals surface area contributed by atoms with Crippen molar-refractivity contribution in [2.24, 2.45) is 0 Å². The lowest BCUT2D eigenvalue weighted by atomic mass is 10.0. The molecule has 1 saturated heterocycles. The topological polar surface area (TPSA) is 69.7 Å². The zero-order valence-electron chi connectivity index (χ0n) is 20.0.